The van der Waals surface area contributed by atoms with E-state index in [0.29, 0.717) is 18.7 Å². The number of halogens is 1. The van der Waals surface area contributed by atoms with E-state index in [-0.39, 0.29) is 27.8 Å². The van der Waals surface area contributed by atoms with Crippen molar-refractivity contribution in [3.05, 3.63) is 23.2 Å². The number of benzene rings is 1. The van der Waals surface area contributed by atoms with Gasteiger partial charge in [0.25, 0.3) is 0 Å². The van der Waals surface area contributed by atoms with E-state index >= 15 is 0 Å². The number of nitrogens with one attached hydrogen (secondary N) is 1. The zero-order valence-corrected chi connectivity index (χ0v) is 13.1. The topological polar surface area (TPSA) is 98.5 Å². The maximum Gasteiger partial charge on any atom is 0.238 e. The minimum Gasteiger partial charge on any atom is -0.377 e. The molecule has 0 aromatic heterocycles. The molecule has 116 valence electrons. The SMILES string of the molecule is CCC1OCCC1C(=O)Nc1ccc(S(N)(=O)=O)cc1Cl. The summed E-state index contributed by atoms with van der Waals surface area (Å²) in [5, 5.41) is 7.86. The second kappa shape index (κ2) is 6.31. The molecule has 1 fully saturated rings. The molecule has 21 heavy (non-hydrogen) atoms. The minimum absolute atomic E-state index is 0.0903. The highest BCUT2D eigenvalue weighted by Gasteiger charge is 2.33. The normalized spacial score (nSPS) is 22.2. The molecule has 0 bridgehead atoms. The molecule has 2 rings (SSSR count). The molecular formula is C13H17ClN2O4S. The van der Waals surface area contributed by atoms with Gasteiger partial charge in [-0.2, -0.15) is 0 Å². The van der Waals surface area contributed by atoms with Crippen LogP contribution >= 0.6 is 11.6 Å². The Morgan fingerprint density at radius 1 is 1.52 bits per heavy atom. The molecule has 2 atom stereocenters. The number of sulfonamides is 1. The molecule has 1 aliphatic rings. The number of amides is 1. The molecule has 1 heterocycles. The fourth-order valence-electron chi connectivity index (χ4n) is 2.35. The number of ether oxygens (including phenoxy) is 1. The molecule has 0 spiro atoms. The number of hydrogen-bond acceptors (Lipinski definition) is 4. The van der Waals surface area contributed by atoms with Crippen LogP contribution in [0.1, 0.15) is 19.8 Å². The summed E-state index contributed by atoms with van der Waals surface area (Å²) >= 11 is 5.99. The fourth-order valence-corrected chi connectivity index (χ4v) is 3.18. The van der Waals surface area contributed by atoms with E-state index in [9.17, 15) is 13.2 Å². The summed E-state index contributed by atoms with van der Waals surface area (Å²) in [7, 11) is -3.82. The Hall–Kier alpha value is -1.15. The predicted molar refractivity (Wildman–Crippen MR) is 79.6 cm³/mol. The summed E-state index contributed by atoms with van der Waals surface area (Å²) in [5.74, 6) is -0.395. The summed E-state index contributed by atoms with van der Waals surface area (Å²) in [5.41, 5.74) is 0.357. The Labute approximate surface area is 128 Å². The van der Waals surface area contributed by atoms with Gasteiger partial charge in [0, 0.05) is 6.61 Å². The molecule has 1 aromatic rings. The fraction of sp³-hybridized carbons (Fsp3) is 0.462. The number of nitrogens with two attached hydrogens (primary N) is 1. The van der Waals surface area contributed by atoms with Crippen LogP contribution in [-0.2, 0) is 19.6 Å². The molecule has 2 unspecified atom stereocenters. The van der Waals surface area contributed by atoms with Gasteiger partial charge in [0.2, 0.25) is 15.9 Å². The van der Waals surface area contributed by atoms with Gasteiger partial charge >= 0.3 is 0 Å². The van der Waals surface area contributed by atoms with Crippen molar-refractivity contribution in [3.8, 4) is 0 Å². The number of primary sulfonamides is 1. The van der Waals surface area contributed by atoms with Crippen LogP contribution in [0.5, 0.6) is 0 Å². The maximum atomic E-state index is 12.2. The number of rotatable bonds is 4. The van der Waals surface area contributed by atoms with Crippen molar-refractivity contribution in [2.45, 2.75) is 30.8 Å². The van der Waals surface area contributed by atoms with E-state index in [1.54, 1.807) is 0 Å². The Balaban J connectivity index is 2.15. The third kappa shape index (κ3) is 3.74. The average Bonchev–Trinajstić information content (AvgIpc) is 2.88. The lowest BCUT2D eigenvalue weighted by molar-refractivity contribution is -0.121. The largest absolute Gasteiger partial charge is 0.377 e. The summed E-state index contributed by atoms with van der Waals surface area (Å²) in [6.07, 6.45) is 1.33. The lowest BCUT2D eigenvalue weighted by atomic mass is 9.98. The molecule has 1 amide bonds. The van der Waals surface area contributed by atoms with E-state index in [4.69, 9.17) is 21.5 Å². The molecule has 1 saturated heterocycles. The smallest absolute Gasteiger partial charge is 0.238 e. The van der Waals surface area contributed by atoms with Crippen LogP contribution in [0.25, 0.3) is 0 Å². The van der Waals surface area contributed by atoms with Crippen molar-refractivity contribution in [1.29, 1.82) is 0 Å². The maximum absolute atomic E-state index is 12.2. The van der Waals surface area contributed by atoms with Crippen LogP contribution in [0.4, 0.5) is 5.69 Å². The molecule has 1 aliphatic heterocycles. The third-order valence-electron chi connectivity index (χ3n) is 3.48. The highest BCUT2D eigenvalue weighted by Crippen LogP contribution is 2.28. The van der Waals surface area contributed by atoms with Crippen molar-refractivity contribution >= 4 is 33.2 Å². The number of carbonyl (C=O) groups is 1. The molecule has 0 radical (unpaired) electrons. The molecule has 3 N–H and O–H groups in total. The van der Waals surface area contributed by atoms with Crippen LogP contribution in [0, 0.1) is 5.92 Å². The Bertz CT molecular complexity index is 648. The molecular weight excluding hydrogens is 316 g/mol. The van der Waals surface area contributed by atoms with Crippen LogP contribution in [0.2, 0.25) is 5.02 Å². The van der Waals surface area contributed by atoms with Gasteiger partial charge in [-0.3, -0.25) is 4.79 Å². The first-order chi connectivity index (χ1) is 9.82. The van der Waals surface area contributed by atoms with Crippen LogP contribution in [-0.4, -0.2) is 27.0 Å². The standard InChI is InChI=1S/C13H17ClN2O4S/c1-2-12-9(5-6-20-12)13(17)16-11-4-3-8(7-10(11)14)21(15,18)19/h3-4,7,9,12H,2,5-6H2,1H3,(H,16,17)(H2,15,18,19). The van der Waals surface area contributed by atoms with Crippen molar-refractivity contribution in [3.63, 3.8) is 0 Å². The zero-order valence-electron chi connectivity index (χ0n) is 11.5. The van der Waals surface area contributed by atoms with Gasteiger partial charge in [0.05, 0.1) is 27.6 Å². The van der Waals surface area contributed by atoms with Crippen LogP contribution < -0.4 is 10.5 Å². The second-order valence-corrected chi connectivity index (χ2v) is 6.86. The van der Waals surface area contributed by atoms with E-state index in [1.165, 1.54) is 18.2 Å². The van der Waals surface area contributed by atoms with Gasteiger partial charge in [0.1, 0.15) is 0 Å². The number of anilines is 1. The molecule has 0 saturated carbocycles. The van der Waals surface area contributed by atoms with Crippen molar-refractivity contribution < 1.29 is 17.9 Å². The Morgan fingerprint density at radius 2 is 2.24 bits per heavy atom. The van der Waals surface area contributed by atoms with Crippen molar-refractivity contribution in [1.82, 2.24) is 0 Å². The van der Waals surface area contributed by atoms with Gasteiger partial charge in [-0.25, -0.2) is 13.6 Å². The molecule has 1 aromatic carbocycles. The van der Waals surface area contributed by atoms with Crippen molar-refractivity contribution in [2.24, 2.45) is 11.1 Å². The summed E-state index contributed by atoms with van der Waals surface area (Å²) in [6, 6.07) is 3.95. The van der Waals surface area contributed by atoms with Gasteiger partial charge in [-0.15, -0.1) is 0 Å². The first-order valence-corrected chi connectivity index (χ1v) is 8.50. The molecule has 6 nitrogen and oxygen atoms in total. The zero-order chi connectivity index (χ0) is 15.6. The first kappa shape index (κ1) is 16.2. The lowest BCUT2D eigenvalue weighted by Gasteiger charge is -2.17. The lowest BCUT2D eigenvalue weighted by Crippen LogP contribution is -2.29. The van der Waals surface area contributed by atoms with Gasteiger partial charge in [-0.1, -0.05) is 18.5 Å². The van der Waals surface area contributed by atoms with Gasteiger partial charge < -0.3 is 10.1 Å². The number of carbonyl (C=O) groups excluding carboxylic acids is 1. The van der Waals surface area contributed by atoms with E-state index < -0.39 is 10.0 Å². The Morgan fingerprint density at radius 3 is 2.81 bits per heavy atom. The van der Waals surface area contributed by atoms with Crippen molar-refractivity contribution in [2.75, 3.05) is 11.9 Å². The minimum atomic E-state index is -3.82. The third-order valence-corrected chi connectivity index (χ3v) is 4.70. The predicted octanol–water partition coefficient (Wildman–Crippen LogP) is 1.74. The van der Waals surface area contributed by atoms with E-state index in [1.807, 2.05) is 6.92 Å². The number of hydrogen-bond donors (Lipinski definition) is 2. The highest BCUT2D eigenvalue weighted by atomic mass is 35.5. The quantitative estimate of drug-likeness (QED) is 0.877. The summed E-state index contributed by atoms with van der Waals surface area (Å²) in [6.45, 7) is 2.53. The van der Waals surface area contributed by atoms with Crippen LogP contribution in [0.3, 0.4) is 0 Å². The summed E-state index contributed by atoms with van der Waals surface area (Å²) < 4.78 is 27.9. The summed E-state index contributed by atoms with van der Waals surface area (Å²) in [4.78, 5) is 12.1. The van der Waals surface area contributed by atoms with E-state index in [0.717, 1.165) is 6.42 Å². The van der Waals surface area contributed by atoms with Gasteiger partial charge in [0.15, 0.2) is 0 Å². The Kier molecular flexibility index (Phi) is 4.88. The molecule has 8 heteroatoms. The van der Waals surface area contributed by atoms with Gasteiger partial charge in [-0.05, 0) is 31.0 Å². The van der Waals surface area contributed by atoms with Crippen LogP contribution in [0.15, 0.2) is 23.1 Å². The highest BCUT2D eigenvalue weighted by molar-refractivity contribution is 7.89. The first-order valence-electron chi connectivity index (χ1n) is 6.57. The van der Waals surface area contributed by atoms with E-state index in [2.05, 4.69) is 5.32 Å². The average molecular weight is 333 g/mol. The monoisotopic (exact) mass is 332 g/mol. The second-order valence-electron chi connectivity index (χ2n) is 4.89. The molecule has 0 aliphatic carbocycles.